The van der Waals surface area contributed by atoms with Gasteiger partial charge in [-0.05, 0) is 48.7 Å². The summed E-state index contributed by atoms with van der Waals surface area (Å²) in [5, 5.41) is 10.6. The van der Waals surface area contributed by atoms with E-state index >= 15 is 0 Å². The number of hydrogen-bond donors (Lipinski definition) is 1. The van der Waals surface area contributed by atoms with Crippen molar-refractivity contribution in [2.45, 2.75) is 33.0 Å². The van der Waals surface area contributed by atoms with Crippen molar-refractivity contribution in [2.24, 2.45) is 7.05 Å². The van der Waals surface area contributed by atoms with E-state index in [-0.39, 0.29) is 30.1 Å². The second kappa shape index (κ2) is 7.52. The Balaban J connectivity index is 1.67. The van der Waals surface area contributed by atoms with Gasteiger partial charge in [0.1, 0.15) is 0 Å². The van der Waals surface area contributed by atoms with E-state index in [2.05, 4.69) is 0 Å². The Morgan fingerprint density at radius 2 is 1.83 bits per heavy atom. The Kier molecular flexibility index (Phi) is 5.16. The summed E-state index contributed by atoms with van der Waals surface area (Å²) in [6.07, 6.45) is 1.39. The number of rotatable bonds is 4. The smallest absolute Gasteiger partial charge is 0.331 e. The monoisotopic (exact) mass is 445 g/mol. The number of aromatic nitrogens is 2. The molecule has 1 N–H and O–H groups in total. The summed E-state index contributed by atoms with van der Waals surface area (Å²) in [5.41, 5.74) is 3.60. The maximum atomic E-state index is 12.6. The third kappa shape index (κ3) is 3.40. The minimum atomic E-state index is -0.308. The first kappa shape index (κ1) is 20.6. The molecule has 1 aliphatic heterocycles. The largest absolute Gasteiger partial charge is 0.493 e. The molecule has 1 aromatic heterocycles. The van der Waals surface area contributed by atoms with Gasteiger partial charge in [0.2, 0.25) is 5.88 Å². The molecular formula is C22H21Cl2N3O3. The van der Waals surface area contributed by atoms with Crippen molar-refractivity contribution < 1.29 is 9.90 Å². The van der Waals surface area contributed by atoms with Gasteiger partial charge in [0.05, 0.1) is 23.3 Å². The quantitative estimate of drug-likeness (QED) is 0.651. The van der Waals surface area contributed by atoms with Gasteiger partial charge in [-0.3, -0.25) is 13.9 Å². The van der Waals surface area contributed by atoms with Crippen molar-refractivity contribution in [1.29, 1.82) is 0 Å². The predicted octanol–water partition coefficient (Wildman–Crippen LogP) is 4.28. The fraction of sp³-hybridized carbons (Fsp3) is 0.273. The summed E-state index contributed by atoms with van der Waals surface area (Å²) in [4.78, 5) is 26.5. The average molecular weight is 446 g/mol. The molecule has 0 spiro atoms. The summed E-state index contributed by atoms with van der Waals surface area (Å²) in [5.74, 6) is -0.143. The number of imidazole rings is 1. The maximum absolute atomic E-state index is 12.6. The van der Waals surface area contributed by atoms with Gasteiger partial charge in [-0.25, -0.2) is 4.79 Å². The zero-order valence-corrected chi connectivity index (χ0v) is 18.3. The number of benzene rings is 2. The molecule has 8 heteroatoms. The lowest BCUT2D eigenvalue weighted by atomic mass is 9.99. The van der Waals surface area contributed by atoms with Crippen molar-refractivity contribution in [3.8, 4) is 17.0 Å². The van der Waals surface area contributed by atoms with Crippen LogP contribution in [0.2, 0.25) is 10.0 Å². The van der Waals surface area contributed by atoms with E-state index in [9.17, 15) is 14.7 Å². The molecule has 0 aliphatic carbocycles. The van der Waals surface area contributed by atoms with Crippen molar-refractivity contribution in [3.05, 3.63) is 73.7 Å². The first-order valence-corrected chi connectivity index (χ1v) is 10.3. The standard InChI is InChI=1S/C22H21Cl2N3O3/c1-12(2)27-10-15-7-14(8-18(24)20(15)21(27)29)16-5-4-13(6-17(16)23)9-26-11-19(28)25(3)22(26)30/h4-8,11-12,28H,9-10H2,1-3H3. The van der Waals surface area contributed by atoms with Crippen molar-refractivity contribution in [1.82, 2.24) is 14.0 Å². The minimum Gasteiger partial charge on any atom is -0.493 e. The molecule has 30 heavy (non-hydrogen) atoms. The van der Waals surface area contributed by atoms with Crippen LogP contribution in [0.1, 0.15) is 35.3 Å². The number of aromatic hydroxyl groups is 1. The molecule has 1 amide bonds. The number of fused-ring (bicyclic) bond motifs is 1. The molecule has 0 saturated carbocycles. The molecule has 0 radical (unpaired) electrons. The summed E-state index contributed by atoms with van der Waals surface area (Å²) in [6, 6.07) is 9.36. The molecule has 0 unspecified atom stereocenters. The average Bonchev–Trinajstić information content (AvgIpc) is 3.14. The van der Waals surface area contributed by atoms with Gasteiger partial charge in [0.25, 0.3) is 5.91 Å². The highest BCUT2D eigenvalue weighted by Crippen LogP contribution is 2.37. The summed E-state index contributed by atoms with van der Waals surface area (Å²) in [7, 11) is 1.51. The Hall–Kier alpha value is -2.70. The van der Waals surface area contributed by atoms with E-state index < -0.39 is 0 Å². The van der Waals surface area contributed by atoms with Crippen molar-refractivity contribution >= 4 is 29.1 Å². The van der Waals surface area contributed by atoms with Crippen LogP contribution in [0.25, 0.3) is 11.1 Å². The van der Waals surface area contributed by atoms with Crippen LogP contribution in [0.5, 0.6) is 5.88 Å². The highest BCUT2D eigenvalue weighted by Gasteiger charge is 2.31. The van der Waals surface area contributed by atoms with E-state index in [0.29, 0.717) is 22.2 Å². The molecule has 3 aromatic rings. The number of hydrogen-bond acceptors (Lipinski definition) is 3. The number of carbonyl (C=O) groups is 1. The topological polar surface area (TPSA) is 67.5 Å². The molecular weight excluding hydrogens is 425 g/mol. The molecule has 0 fully saturated rings. The van der Waals surface area contributed by atoms with E-state index in [0.717, 1.165) is 22.3 Å². The van der Waals surface area contributed by atoms with Crippen LogP contribution in [0.15, 0.2) is 41.3 Å². The van der Waals surface area contributed by atoms with E-state index in [1.54, 1.807) is 17.0 Å². The number of nitrogens with zero attached hydrogens (tertiary/aromatic N) is 3. The van der Waals surface area contributed by atoms with Gasteiger partial charge in [-0.2, -0.15) is 0 Å². The minimum absolute atomic E-state index is 0.0467. The molecule has 2 heterocycles. The second-order valence-corrected chi connectivity index (χ2v) is 8.60. The molecule has 0 atom stereocenters. The number of halogens is 2. The first-order chi connectivity index (χ1) is 14.2. The summed E-state index contributed by atoms with van der Waals surface area (Å²) >= 11 is 13.0. The lowest BCUT2D eigenvalue weighted by Crippen LogP contribution is -2.30. The van der Waals surface area contributed by atoms with Crippen molar-refractivity contribution in [2.75, 3.05) is 0 Å². The predicted molar refractivity (Wildman–Crippen MR) is 117 cm³/mol. The third-order valence-corrected chi connectivity index (χ3v) is 6.07. The molecule has 0 saturated heterocycles. The van der Waals surface area contributed by atoms with Crippen molar-refractivity contribution in [3.63, 3.8) is 0 Å². The Labute approximate surface area is 183 Å². The zero-order valence-electron chi connectivity index (χ0n) is 16.8. The van der Waals surface area contributed by atoms with Crippen LogP contribution in [-0.4, -0.2) is 31.1 Å². The number of amides is 1. The third-order valence-electron chi connectivity index (χ3n) is 5.46. The maximum Gasteiger partial charge on any atom is 0.331 e. The van der Waals surface area contributed by atoms with E-state index in [1.165, 1.54) is 22.4 Å². The Bertz CT molecular complexity index is 1230. The molecule has 2 aromatic carbocycles. The zero-order chi connectivity index (χ0) is 21.7. The molecule has 4 rings (SSSR count). The van der Waals surface area contributed by atoms with Crippen LogP contribution in [0.4, 0.5) is 0 Å². The first-order valence-electron chi connectivity index (χ1n) is 9.54. The van der Waals surface area contributed by atoms with Crippen LogP contribution in [-0.2, 0) is 20.1 Å². The highest BCUT2D eigenvalue weighted by atomic mass is 35.5. The van der Waals surface area contributed by atoms with Crippen LogP contribution in [0, 0.1) is 0 Å². The van der Waals surface area contributed by atoms with Gasteiger partial charge in [0, 0.05) is 30.2 Å². The Morgan fingerprint density at radius 3 is 2.43 bits per heavy atom. The normalized spacial score (nSPS) is 13.4. The fourth-order valence-corrected chi connectivity index (χ4v) is 4.40. The number of carbonyl (C=O) groups excluding carboxylic acids is 1. The molecule has 6 nitrogen and oxygen atoms in total. The summed E-state index contributed by atoms with van der Waals surface area (Å²) in [6.45, 7) is 4.77. The summed E-state index contributed by atoms with van der Waals surface area (Å²) < 4.78 is 2.59. The molecule has 0 bridgehead atoms. The molecule has 1 aliphatic rings. The Morgan fingerprint density at radius 1 is 1.10 bits per heavy atom. The second-order valence-electron chi connectivity index (χ2n) is 7.79. The van der Waals surface area contributed by atoms with Gasteiger partial charge in [0.15, 0.2) is 0 Å². The molecule has 156 valence electrons. The highest BCUT2D eigenvalue weighted by molar-refractivity contribution is 6.35. The van der Waals surface area contributed by atoms with E-state index in [4.69, 9.17) is 23.2 Å². The lowest BCUT2D eigenvalue weighted by Gasteiger charge is -2.19. The SMILES string of the molecule is CC(C)N1Cc2cc(-c3ccc(Cn4cc(O)n(C)c4=O)cc3Cl)cc(Cl)c2C1=O. The van der Waals surface area contributed by atoms with Gasteiger partial charge < -0.3 is 10.0 Å². The van der Waals surface area contributed by atoms with Crippen LogP contribution in [0.3, 0.4) is 0 Å². The lowest BCUT2D eigenvalue weighted by molar-refractivity contribution is 0.0731. The van der Waals surface area contributed by atoms with Gasteiger partial charge in [-0.1, -0.05) is 35.3 Å². The van der Waals surface area contributed by atoms with Gasteiger partial charge in [-0.15, -0.1) is 0 Å². The van der Waals surface area contributed by atoms with Gasteiger partial charge >= 0.3 is 5.69 Å². The van der Waals surface area contributed by atoms with Crippen LogP contribution < -0.4 is 5.69 Å². The fourth-order valence-electron chi connectivity index (χ4n) is 3.77. The van der Waals surface area contributed by atoms with Crippen LogP contribution >= 0.6 is 23.2 Å². The van der Waals surface area contributed by atoms with E-state index in [1.807, 2.05) is 32.0 Å².